The maximum absolute atomic E-state index is 12.0. The van der Waals surface area contributed by atoms with Gasteiger partial charge in [-0.15, -0.1) is 0 Å². The number of amidine groups is 1. The van der Waals surface area contributed by atoms with Crippen LogP contribution in [0.3, 0.4) is 0 Å². The van der Waals surface area contributed by atoms with Crippen molar-refractivity contribution in [2.75, 3.05) is 26.0 Å². The number of Topliss-reactive ketones (excluding diaryl/α,β-unsaturated/α-hetero) is 1. The molecule has 1 aromatic rings. The number of thioether (sulfide) groups is 1. The van der Waals surface area contributed by atoms with Crippen LogP contribution in [0.2, 0.25) is 0 Å². The summed E-state index contributed by atoms with van der Waals surface area (Å²) in [6.07, 6.45) is 0. The molecule has 20 heavy (non-hydrogen) atoms. The molecule has 0 fully saturated rings. The number of rotatable bonds is 5. The molecule has 0 spiro atoms. The molecule has 0 radical (unpaired) electrons. The van der Waals surface area contributed by atoms with Crippen molar-refractivity contribution in [3.8, 4) is 5.75 Å². The highest BCUT2D eigenvalue weighted by Crippen LogP contribution is 2.28. The monoisotopic (exact) mass is 295 g/mol. The van der Waals surface area contributed by atoms with Crippen LogP contribution in [0.15, 0.2) is 23.2 Å². The molecule has 1 heterocycles. The van der Waals surface area contributed by atoms with Gasteiger partial charge in [0.2, 0.25) is 0 Å². The van der Waals surface area contributed by atoms with Gasteiger partial charge in [0.05, 0.1) is 24.3 Å². The van der Waals surface area contributed by atoms with Crippen molar-refractivity contribution < 1.29 is 14.5 Å². The quantitative estimate of drug-likeness (QED) is 0.502. The number of carbonyl (C=O) groups excluding carboxylic acids is 1. The van der Waals surface area contributed by atoms with Gasteiger partial charge in [-0.05, 0) is 12.1 Å². The lowest BCUT2D eigenvalue weighted by Crippen LogP contribution is -2.17. The number of nitrogens with one attached hydrogen (secondary N) is 1. The maximum Gasteiger partial charge on any atom is 0.311 e. The van der Waals surface area contributed by atoms with E-state index in [0.29, 0.717) is 12.1 Å². The van der Waals surface area contributed by atoms with Gasteiger partial charge < -0.3 is 10.1 Å². The largest absolute Gasteiger partial charge is 0.490 e. The van der Waals surface area contributed by atoms with Crippen molar-refractivity contribution in [3.05, 3.63) is 33.9 Å². The third-order valence-electron chi connectivity index (χ3n) is 2.68. The first-order valence-electron chi connectivity index (χ1n) is 5.88. The Bertz CT molecular complexity index is 574. The lowest BCUT2D eigenvalue weighted by atomic mass is 10.1. The summed E-state index contributed by atoms with van der Waals surface area (Å²) in [5.41, 5.74) is 0.0864. The topological polar surface area (TPSA) is 93.8 Å². The van der Waals surface area contributed by atoms with Crippen LogP contribution in [0.1, 0.15) is 10.4 Å². The summed E-state index contributed by atoms with van der Waals surface area (Å²) < 4.78 is 4.90. The Hall–Kier alpha value is -2.09. The van der Waals surface area contributed by atoms with Gasteiger partial charge in [0.25, 0.3) is 0 Å². The Balaban J connectivity index is 2.09. The van der Waals surface area contributed by atoms with E-state index in [0.717, 1.165) is 11.7 Å². The van der Waals surface area contributed by atoms with Gasteiger partial charge in [0.15, 0.2) is 16.7 Å². The summed E-state index contributed by atoms with van der Waals surface area (Å²) >= 11 is 1.30. The SMILES string of the molecule is COc1ccc(C(=O)CSC2=NCCN2)cc1[N+](=O)[O-]. The van der Waals surface area contributed by atoms with Crippen LogP contribution in [-0.4, -0.2) is 41.8 Å². The fraction of sp³-hybridized carbons (Fsp3) is 0.333. The number of nitrogens with zero attached hydrogens (tertiary/aromatic N) is 2. The zero-order chi connectivity index (χ0) is 14.5. The number of nitro benzene ring substituents is 1. The fourth-order valence-corrected chi connectivity index (χ4v) is 2.52. The lowest BCUT2D eigenvalue weighted by molar-refractivity contribution is -0.385. The van der Waals surface area contributed by atoms with Gasteiger partial charge >= 0.3 is 5.69 Å². The number of ether oxygens (including phenoxy) is 1. The van der Waals surface area contributed by atoms with Crippen molar-refractivity contribution in [1.82, 2.24) is 5.32 Å². The minimum atomic E-state index is -0.564. The van der Waals surface area contributed by atoms with Gasteiger partial charge in [-0.1, -0.05) is 11.8 Å². The predicted molar refractivity (Wildman–Crippen MR) is 76.7 cm³/mol. The fourth-order valence-electron chi connectivity index (χ4n) is 1.70. The molecule has 0 atom stereocenters. The summed E-state index contributed by atoms with van der Waals surface area (Å²) in [7, 11) is 1.35. The molecule has 8 heteroatoms. The summed E-state index contributed by atoms with van der Waals surface area (Å²) in [6, 6.07) is 4.20. The highest BCUT2D eigenvalue weighted by atomic mass is 32.2. The minimum Gasteiger partial charge on any atom is -0.490 e. The molecule has 0 amide bonds. The molecule has 0 bridgehead atoms. The van der Waals surface area contributed by atoms with Crippen LogP contribution >= 0.6 is 11.8 Å². The molecule has 0 saturated carbocycles. The van der Waals surface area contributed by atoms with E-state index >= 15 is 0 Å². The van der Waals surface area contributed by atoms with Gasteiger partial charge in [0.1, 0.15) is 0 Å². The first-order chi connectivity index (χ1) is 9.61. The average molecular weight is 295 g/mol. The third kappa shape index (κ3) is 3.27. The van der Waals surface area contributed by atoms with Crippen molar-refractivity contribution >= 4 is 28.4 Å². The Morgan fingerprint density at radius 1 is 1.60 bits per heavy atom. The van der Waals surface area contributed by atoms with Gasteiger partial charge in [0, 0.05) is 18.2 Å². The van der Waals surface area contributed by atoms with Crippen LogP contribution in [0.25, 0.3) is 0 Å². The van der Waals surface area contributed by atoms with E-state index in [1.807, 2.05) is 0 Å². The van der Waals surface area contributed by atoms with E-state index in [1.165, 1.54) is 37.1 Å². The molecule has 0 aromatic heterocycles. The van der Waals surface area contributed by atoms with E-state index in [1.54, 1.807) is 0 Å². The number of nitro groups is 1. The molecule has 7 nitrogen and oxygen atoms in total. The molecule has 1 aliphatic rings. The molecule has 2 rings (SSSR count). The highest BCUT2D eigenvalue weighted by molar-refractivity contribution is 8.14. The van der Waals surface area contributed by atoms with Crippen molar-refractivity contribution in [2.24, 2.45) is 4.99 Å². The van der Waals surface area contributed by atoms with Gasteiger partial charge in [-0.3, -0.25) is 19.9 Å². The zero-order valence-corrected chi connectivity index (χ0v) is 11.6. The molecular formula is C12H13N3O4S. The van der Waals surface area contributed by atoms with E-state index in [-0.39, 0.29) is 23.0 Å². The van der Waals surface area contributed by atoms with Crippen molar-refractivity contribution in [1.29, 1.82) is 0 Å². The van der Waals surface area contributed by atoms with Crippen LogP contribution in [0, 0.1) is 10.1 Å². The predicted octanol–water partition coefficient (Wildman–Crippen LogP) is 1.48. The van der Waals surface area contributed by atoms with E-state index in [9.17, 15) is 14.9 Å². The van der Waals surface area contributed by atoms with Crippen LogP contribution in [0.5, 0.6) is 5.75 Å². The first-order valence-corrected chi connectivity index (χ1v) is 6.87. The second-order valence-corrected chi connectivity index (χ2v) is 4.93. The Morgan fingerprint density at radius 2 is 2.40 bits per heavy atom. The number of benzene rings is 1. The second kappa shape index (κ2) is 6.38. The lowest BCUT2D eigenvalue weighted by Gasteiger charge is -2.05. The Kier molecular flexibility index (Phi) is 4.57. The molecule has 1 aromatic carbocycles. The third-order valence-corrected chi connectivity index (χ3v) is 3.63. The summed E-state index contributed by atoms with van der Waals surface area (Å²) in [4.78, 5) is 26.5. The highest BCUT2D eigenvalue weighted by Gasteiger charge is 2.18. The number of hydrogen-bond donors (Lipinski definition) is 1. The minimum absolute atomic E-state index is 0.140. The molecule has 0 saturated heterocycles. The molecule has 0 aliphatic carbocycles. The smallest absolute Gasteiger partial charge is 0.311 e. The first kappa shape index (κ1) is 14.3. The molecule has 0 unspecified atom stereocenters. The Labute approximate surface area is 119 Å². The van der Waals surface area contributed by atoms with Gasteiger partial charge in [-0.2, -0.15) is 0 Å². The number of methoxy groups -OCH3 is 1. The Morgan fingerprint density at radius 3 is 3.00 bits per heavy atom. The van der Waals surface area contributed by atoms with Crippen LogP contribution in [0.4, 0.5) is 5.69 Å². The summed E-state index contributed by atoms with van der Waals surface area (Å²) in [6.45, 7) is 1.50. The normalized spacial score (nSPS) is 13.6. The average Bonchev–Trinajstić information content (AvgIpc) is 2.97. The number of carbonyl (C=O) groups is 1. The van der Waals surface area contributed by atoms with Crippen molar-refractivity contribution in [3.63, 3.8) is 0 Å². The molecule has 1 N–H and O–H groups in total. The standard InChI is InChI=1S/C12H13N3O4S/c1-19-11-3-2-8(6-9(11)15(17)18)10(16)7-20-12-13-4-5-14-12/h2-3,6H,4-5,7H2,1H3,(H,13,14). The maximum atomic E-state index is 12.0. The molecular weight excluding hydrogens is 282 g/mol. The van der Waals surface area contributed by atoms with E-state index < -0.39 is 4.92 Å². The van der Waals surface area contributed by atoms with E-state index in [4.69, 9.17) is 4.74 Å². The van der Waals surface area contributed by atoms with Gasteiger partial charge in [-0.25, -0.2) is 0 Å². The number of hydrogen-bond acceptors (Lipinski definition) is 7. The number of aliphatic imine (C=N–C) groups is 1. The summed E-state index contributed by atoms with van der Waals surface area (Å²) in [5.74, 6) is 0.146. The zero-order valence-electron chi connectivity index (χ0n) is 10.8. The summed E-state index contributed by atoms with van der Waals surface area (Å²) in [5, 5.41) is 14.7. The van der Waals surface area contributed by atoms with Crippen LogP contribution < -0.4 is 10.1 Å². The second-order valence-electron chi connectivity index (χ2n) is 3.97. The number of ketones is 1. The molecule has 106 valence electrons. The molecule has 1 aliphatic heterocycles. The van der Waals surface area contributed by atoms with E-state index in [2.05, 4.69) is 10.3 Å². The van der Waals surface area contributed by atoms with Crippen molar-refractivity contribution in [2.45, 2.75) is 0 Å². The van der Waals surface area contributed by atoms with Crippen LogP contribution in [-0.2, 0) is 0 Å².